The first kappa shape index (κ1) is 8.32. The van der Waals surface area contributed by atoms with Gasteiger partial charge < -0.3 is 0 Å². The molecule has 4 aliphatic carbocycles. The average molecular weight is 178 g/mol. The van der Waals surface area contributed by atoms with E-state index in [0.717, 1.165) is 28.6 Å². The zero-order chi connectivity index (χ0) is 9.27. The maximum absolute atomic E-state index is 2.58. The van der Waals surface area contributed by atoms with Crippen LogP contribution >= 0.6 is 0 Å². The van der Waals surface area contributed by atoms with Crippen LogP contribution in [-0.4, -0.2) is 0 Å². The largest absolute Gasteiger partial charge is 0.0628 e. The van der Waals surface area contributed by atoms with Crippen molar-refractivity contribution in [2.75, 3.05) is 0 Å². The molecule has 0 N–H and O–H groups in total. The highest BCUT2D eigenvalue weighted by Gasteiger charge is 2.73. The highest BCUT2D eigenvalue weighted by Crippen LogP contribution is 2.82. The Kier molecular flexibility index (Phi) is 1.37. The van der Waals surface area contributed by atoms with Crippen LogP contribution in [0.3, 0.4) is 0 Å². The minimum atomic E-state index is 0.794. The van der Waals surface area contributed by atoms with Gasteiger partial charge in [0.2, 0.25) is 0 Å². The first-order chi connectivity index (χ1) is 6.07. The summed E-state index contributed by atoms with van der Waals surface area (Å²) in [6.07, 6.45) is 7.80. The summed E-state index contributed by atoms with van der Waals surface area (Å²) < 4.78 is 0. The fraction of sp³-hybridized carbons (Fsp3) is 1.00. The maximum Gasteiger partial charge on any atom is -0.0256 e. The summed E-state index contributed by atoms with van der Waals surface area (Å²) in [7, 11) is 0. The summed E-state index contributed by atoms with van der Waals surface area (Å²) in [6.45, 7) is 7.35. The van der Waals surface area contributed by atoms with E-state index in [1.54, 1.807) is 25.7 Å². The highest BCUT2D eigenvalue weighted by atomic mass is 14.8. The Balaban J connectivity index is 1.79. The quantitative estimate of drug-likeness (QED) is 0.602. The second-order valence-electron chi connectivity index (χ2n) is 6.67. The van der Waals surface area contributed by atoms with Crippen molar-refractivity contribution in [1.82, 2.24) is 0 Å². The Morgan fingerprint density at radius 2 is 2.15 bits per heavy atom. The molecule has 0 saturated heterocycles. The topological polar surface area (TPSA) is 0 Å². The van der Waals surface area contributed by atoms with E-state index in [1.165, 1.54) is 6.42 Å². The van der Waals surface area contributed by atoms with Gasteiger partial charge in [-0.2, -0.15) is 0 Å². The van der Waals surface area contributed by atoms with E-state index in [1.807, 2.05) is 0 Å². The van der Waals surface area contributed by atoms with Crippen LogP contribution in [0.2, 0.25) is 0 Å². The molecule has 0 heterocycles. The lowest BCUT2D eigenvalue weighted by Crippen LogP contribution is -2.55. The van der Waals surface area contributed by atoms with Gasteiger partial charge in [-0.15, -0.1) is 0 Å². The van der Waals surface area contributed by atoms with E-state index in [4.69, 9.17) is 0 Å². The molecule has 4 rings (SSSR count). The molecule has 0 amide bonds. The lowest BCUT2D eigenvalue weighted by molar-refractivity contribution is -0.138. The van der Waals surface area contributed by atoms with Gasteiger partial charge in [-0.3, -0.25) is 0 Å². The summed E-state index contributed by atoms with van der Waals surface area (Å²) in [5, 5.41) is 0. The molecule has 4 saturated carbocycles. The second-order valence-corrected chi connectivity index (χ2v) is 6.67. The van der Waals surface area contributed by atoms with E-state index < -0.39 is 0 Å². The fourth-order valence-electron chi connectivity index (χ4n) is 5.08. The molecule has 4 atom stereocenters. The Morgan fingerprint density at radius 3 is 2.46 bits per heavy atom. The minimum absolute atomic E-state index is 0.794. The van der Waals surface area contributed by atoms with Gasteiger partial charge in [-0.1, -0.05) is 20.8 Å². The number of rotatable bonds is 2. The standard InChI is InChI=1S/C13H22/c1-9(2)6-10-7-13-5-4-11(13)12(10,3)8-13/h9-11H,4-8H2,1-3H3. The number of hydrogen-bond acceptors (Lipinski definition) is 0. The maximum atomic E-state index is 2.58. The van der Waals surface area contributed by atoms with Crippen LogP contribution in [0.15, 0.2) is 0 Å². The molecular formula is C13H22. The third-order valence-corrected chi connectivity index (χ3v) is 5.54. The van der Waals surface area contributed by atoms with Crippen LogP contribution in [0.4, 0.5) is 0 Å². The molecule has 1 spiro atoms. The minimum Gasteiger partial charge on any atom is -0.0628 e. The van der Waals surface area contributed by atoms with Crippen LogP contribution in [0.1, 0.15) is 52.9 Å². The Bertz CT molecular complexity index is 242. The molecule has 13 heavy (non-hydrogen) atoms. The molecule has 0 aromatic carbocycles. The third kappa shape index (κ3) is 0.789. The van der Waals surface area contributed by atoms with E-state index >= 15 is 0 Å². The van der Waals surface area contributed by atoms with Gasteiger partial charge in [0, 0.05) is 0 Å². The van der Waals surface area contributed by atoms with Crippen molar-refractivity contribution < 1.29 is 0 Å². The van der Waals surface area contributed by atoms with Crippen molar-refractivity contribution in [2.24, 2.45) is 28.6 Å². The molecule has 0 aromatic heterocycles. The smallest absolute Gasteiger partial charge is 0.0256 e. The van der Waals surface area contributed by atoms with Gasteiger partial charge >= 0.3 is 0 Å². The fourth-order valence-corrected chi connectivity index (χ4v) is 5.08. The van der Waals surface area contributed by atoms with Gasteiger partial charge in [0.25, 0.3) is 0 Å². The van der Waals surface area contributed by atoms with Crippen LogP contribution in [-0.2, 0) is 0 Å². The van der Waals surface area contributed by atoms with Crippen LogP contribution < -0.4 is 0 Å². The molecule has 4 unspecified atom stereocenters. The van der Waals surface area contributed by atoms with Crippen molar-refractivity contribution in [3.63, 3.8) is 0 Å². The third-order valence-electron chi connectivity index (χ3n) is 5.54. The van der Waals surface area contributed by atoms with Gasteiger partial charge in [0.05, 0.1) is 0 Å². The van der Waals surface area contributed by atoms with Crippen LogP contribution in [0, 0.1) is 28.6 Å². The summed E-state index contributed by atoms with van der Waals surface area (Å²) in [4.78, 5) is 0. The van der Waals surface area contributed by atoms with E-state index in [0.29, 0.717) is 0 Å². The second kappa shape index (κ2) is 2.15. The summed E-state index contributed by atoms with van der Waals surface area (Å²) >= 11 is 0. The van der Waals surface area contributed by atoms with Crippen molar-refractivity contribution in [3.05, 3.63) is 0 Å². The number of hydrogen-bond donors (Lipinski definition) is 0. The first-order valence-electron chi connectivity index (χ1n) is 6.07. The Labute approximate surface area is 82.1 Å². The Hall–Kier alpha value is 0. The molecule has 74 valence electrons. The molecule has 0 aromatic rings. The van der Waals surface area contributed by atoms with Crippen LogP contribution in [0.25, 0.3) is 0 Å². The lowest BCUT2D eigenvalue weighted by atomic mass is 9.42. The molecule has 0 nitrogen and oxygen atoms in total. The molecule has 0 aliphatic heterocycles. The van der Waals surface area contributed by atoms with Gasteiger partial charge in [-0.05, 0) is 60.7 Å². The van der Waals surface area contributed by atoms with E-state index in [2.05, 4.69) is 20.8 Å². The van der Waals surface area contributed by atoms with Gasteiger partial charge in [0.15, 0.2) is 0 Å². The first-order valence-corrected chi connectivity index (χ1v) is 6.07. The summed E-state index contributed by atoms with van der Waals surface area (Å²) in [5.41, 5.74) is 1.69. The van der Waals surface area contributed by atoms with E-state index in [9.17, 15) is 0 Å². The molecule has 2 bridgehead atoms. The molecule has 4 aliphatic rings. The lowest BCUT2D eigenvalue weighted by Gasteiger charge is -2.63. The predicted octanol–water partition coefficient (Wildman–Crippen LogP) is 3.86. The Morgan fingerprint density at radius 1 is 1.38 bits per heavy atom. The molecular weight excluding hydrogens is 156 g/mol. The molecule has 0 heteroatoms. The molecule has 4 fully saturated rings. The zero-order valence-corrected chi connectivity index (χ0v) is 9.27. The SMILES string of the molecule is CC(C)CC1CC23CCC2C1(C)C3. The monoisotopic (exact) mass is 178 g/mol. The number of fused-ring (bicyclic) bond motifs is 1. The highest BCUT2D eigenvalue weighted by molar-refractivity contribution is 5.22. The molecule has 0 radical (unpaired) electrons. The van der Waals surface area contributed by atoms with Gasteiger partial charge in [-0.25, -0.2) is 0 Å². The van der Waals surface area contributed by atoms with Crippen molar-refractivity contribution in [3.8, 4) is 0 Å². The van der Waals surface area contributed by atoms with Crippen molar-refractivity contribution in [2.45, 2.75) is 52.9 Å². The van der Waals surface area contributed by atoms with Crippen molar-refractivity contribution in [1.29, 1.82) is 0 Å². The predicted molar refractivity (Wildman–Crippen MR) is 55.4 cm³/mol. The zero-order valence-electron chi connectivity index (χ0n) is 9.27. The van der Waals surface area contributed by atoms with Gasteiger partial charge in [0.1, 0.15) is 0 Å². The van der Waals surface area contributed by atoms with Crippen molar-refractivity contribution >= 4 is 0 Å². The average Bonchev–Trinajstić information content (AvgIpc) is 2.32. The van der Waals surface area contributed by atoms with Crippen LogP contribution in [0.5, 0.6) is 0 Å². The summed E-state index contributed by atoms with van der Waals surface area (Å²) in [5.74, 6) is 3.15. The summed E-state index contributed by atoms with van der Waals surface area (Å²) in [6, 6.07) is 0. The van der Waals surface area contributed by atoms with E-state index in [-0.39, 0.29) is 0 Å². The normalized spacial score (nSPS) is 57.2.